The first kappa shape index (κ1) is 10.1. The van der Waals surface area contributed by atoms with E-state index in [1.165, 1.54) is 30.3 Å². The number of ketones is 1. The van der Waals surface area contributed by atoms with Crippen LogP contribution >= 0.6 is 0 Å². The summed E-state index contributed by atoms with van der Waals surface area (Å²) in [7, 11) is 0. The van der Waals surface area contributed by atoms with Crippen LogP contribution in [0.15, 0.2) is 30.3 Å². The molecule has 0 fully saturated rings. The highest BCUT2D eigenvalue weighted by atomic mass is 19.1. The van der Waals surface area contributed by atoms with Gasteiger partial charge in [0.05, 0.1) is 0 Å². The zero-order chi connectivity index (χ0) is 10.6. The van der Waals surface area contributed by atoms with Crippen LogP contribution in [0, 0.1) is 5.82 Å². The number of hydrogen-bond acceptors (Lipinski definition) is 2. The number of halogens is 1. The van der Waals surface area contributed by atoms with Gasteiger partial charge < -0.3 is 5.11 Å². The van der Waals surface area contributed by atoms with Gasteiger partial charge in [0.25, 0.3) is 5.78 Å². The number of benzene rings is 1. The van der Waals surface area contributed by atoms with E-state index in [9.17, 15) is 14.0 Å². The third kappa shape index (κ3) is 2.82. The van der Waals surface area contributed by atoms with Gasteiger partial charge in [-0.25, -0.2) is 9.18 Å². The highest BCUT2D eigenvalue weighted by molar-refractivity contribution is 6.38. The fourth-order valence-electron chi connectivity index (χ4n) is 0.817. The Kier molecular flexibility index (Phi) is 3.12. The van der Waals surface area contributed by atoms with Gasteiger partial charge in [-0.15, -0.1) is 0 Å². The molecule has 0 heterocycles. The Morgan fingerprint density at radius 1 is 1.21 bits per heavy atom. The zero-order valence-electron chi connectivity index (χ0n) is 7.11. The first-order valence-corrected chi connectivity index (χ1v) is 3.80. The summed E-state index contributed by atoms with van der Waals surface area (Å²) in [5.41, 5.74) is 0.570. The fraction of sp³-hybridized carbons (Fsp3) is 0. The Balaban J connectivity index is 2.74. The van der Waals surface area contributed by atoms with E-state index in [-0.39, 0.29) is 5.82 Å². The summed E-state index contributed by atoms with van der Waals surface area (Å²) in [6.07, 6.45) is 2.24. The van der Waals surface area contributed by atoms with Crippen LogP contribution in [0.2, 0.25) is 0 Å². The summed E-state index contributed by atoms with van der Waals surface area (Å²) in [6.45, 7) is 0. The lowest BCUT2D eigenvalue weighted by Crippen LogP contribution is -2.08. The lowest BCUT2D eigenvalue weighted by molar-refractivity contribution is -0.146. The van der Waals surface area contributed by atoms with Crippen molar-refractivity contribution >= 4 is 17.8 Å². The van der Waals surface area contributed by atoms with Crippen molar-refractivity contribution in [3.63, 3.8) is 0 Å². The number of aliphatic carboxylic acids is 1. The summed E-state index contributed by atoms with van der Waals surface area (Å²) >= 11 is 0. The molecule has 0 saturated heterocycles. The molecular formula is C10H7FO3. The van der Waals surface area contributed by atoms with E-state index in [1.54, 1.807) is 0 Å². The van der Waals surface area contributed by atoms with Gasteiger partial charge in [-0.2, -0.15) is 0 Å². The van der Waals surface area contributed by atoms with E-state index in [0.717, 1.165) is 6.08 Å². The predicted octanol–water partition coefficient (Wildman–Crippen LogP) is 1.49. The number of carboxylic acid groups (broad SMARTS) is 1. The molecule has 1 aromatic carbocycles. The van der Waals surface area contributed by atoms with Crippen LogP contribution in [0.25, 0.3) is 6.08 Å². The molecule has 0 atom stereocenters. The topological polar surface area (TPSA) is 54.4 Å². The summed E-state index contributed by atoms with van der Waals surface area (Å²) < 4.78 is 12.4. The maximum absolute atomic E-state index is 12.4. The summed E-state index contributed by atoms with van der Waals surface area (Å²) in [6, 6.07) is 5.35. The largest absolute Gasteiger partial charge is 0.475 e. The molecule has 0 aliphatic heterocycles. The minimum absolute atomic E-state index is 0.383. The van der Waals surface area contributed by atoms with E-state index < -0.39 is 11.8 Å². The van der Waals surface area contributed by atoms with E-state index in [4.69, 9.17) is 5.11 Å². The van der Waals surface area contributed by atoms with Gasteiger partial charge in [0.15, 0.2) is 0 Å². The van der Waals surface area contributed by atoms with Crippen LogP contribution in [-0.4, -0.2) is 16.9 Å². The third-order valence-electron chi connectivity index (χ3n) is 1.51. The molecular weight excluding hydrogens is 187 g/mol. The molecule has 0 spiro atoms. The van der Waals surface area contributed by atoms with Crippen molar-refractivity contribution in [1.82, 2.24) is 0 Å². The van der Waals surface area contributed by atoms with Crippen LogP contribution < -0.4 is 0 Å². The van der Waals surface area contributed by atoms with Crippen molar-refractivity contribution in [2.24, 2.45) is 0 Å². The molecule has 1 rings (SSSR count). The standard InChI is InChI=1S/C10H7FO3/c11-8-4-1-7(2-5-8)3-6-9(12)10(13)14/h1-6H,(H,13,14). The Hall–Kier alpha value is -1.97. The lowest BCUT2D eigenvalue weighted by Gasteiger charge is -1.91. The van der Waals surface area contributed by atoms with Gasteiger partial charge in [0, 0.05) is 0 Å². The summed E-state index contributed by atoms with van der Waals surface area (Å²) in [5.74, 6) is -2.90. The first-order valence-electron chi connectivity index (χ1n) is 3.80. The lowest BCUT2D eigenvalue weighted by atomic mass is 10.2. The second kappa shape index (κ2) is 4.32. The molecule has 3 nitrogen and oxygen atoms in total. The van der Waals surface area contributed by atoms with E-state index in [2.05, 4.69) is 0 Å². The molecule has 4 heteroatoms. The number of hydrogen-bond donors (Lipinski definition) is 1. The average Bonchev–Trinajstić information content (AvgIpc) is 2.16. The molecule has 1 N–H and O–H groups in total. The number of rotatable bonds is 3. The quantitative estimate of drug-likeness (QED) is 0.585. The molecule has 14 heavy (non-hydrogen) atoms. The Morgan fingerprint density at radius 2 is 1.79 bits per heavy atom. The second-order valence-electron chi connectivity index (χ2n) is 2.55. The van der Waals surface area contributed by atoms with Gasteiger partial charge in [0.2, 0.25) is 0 Å². The van der Waals surface area contributed by atoms with Crippen molar-refractivity contribution in [2.75, 3.05) is 0 Å². The Bertz CT molecular complexity index is 379. The van der Waals surface area contributed by atoms with E-state index >= 15 is 0 Å². The maximum atomic E-state index is 12.4. The van der Waals surface area contributed by atoms with Crippen molar-refractivity contribution in [3.8, 4) is 0 Å². The molecule has 0 unspecified atom stereocenters. The van der Waals surface area contributed by atoms with Gasteiger partial charge in [-0.1, -0.05) is 18.2 Å². The van der Waals surface area contributed by atoms with Gasteiger partial charge in [-0.3, -0.25) is 4.79 Å². The highest BCUT2D eigenvalue weighted by Gasteiger charge is 2.05. The first-order chi connectivity index (χ1) is 6.59. The van der Waals surface area contributed by atoms with Crippen molar-refractivity contribution in [2.45, 2.75) is 0 Å². The summed E-state index contributed by atoms with van der Waals surface area (Å²) in [5, 5.41) is 8.24. The third-order valence-corrected chi connectivity index (χ3v) is 1.51. The highest BCUT2D eigenvalue weighted by Crippen LogP contribution is 2.04. The van der Waals surface area contributed by atoms with Crippen LogP contribution in [0.5, 0.6) is 0 Å². The van der Waals surface area contributed by atoms with Crippen molar-refractivity contribution in [1.29, 1.82) is 0 Å². The summed E-state index contributed by atoms with van der Waals surface area (Å²) in [4.78, 5) is 20.7. The Morgan fingerprint density at radius 3 is 2.29 bits per heavy atom. The minimum Gasteiger partial charge on any atom is -0.475 e. The van der Waals surface area contributed by atoms with Gasteiger partial charge >= 0.3 is 5.97 Å². The van der Waals surface area contributed by atoms with E-state index in [0.29, 0.717) is 5.56 Å². The Labute approximate surface area is 79.5 Å². The van der Waals surface area contributed by atoms with Crippen molar-refractivity contribution < 1.29 is 19.1 Å². The fourth-order valence-corrected chi connectivity index (χ4v) is 0.817. The van der Waals surface area contributed by atoms with Crippen LogP contribution in [0.3, 0.4) is 0 Å². The van der Waals surface area contributed by atoms with Crippen LogP contribution in [0.1, 0.15) is 5.56 Å². The molecule has 0 aromatic heterocycles. The van der Waals surface area contributed by atoms with Gasteiger partial charge in [-0.05, 0) is 23.8 Å². The molecule has 72 valence electrons. The smallest absolute Gasteiger partial charge is 0.376 e. The average molecular weight is 194 g/mol. The number of carbonyl (C=O) groups is 2. The molecule has 0 radical (unpaired) electrons. The molecule has 0 amide bonds. The van der Waals surface area contributed by atoms with E-state index in [1.807, 2.05) is 0 Å². The maximum Gasteiger partial charge on any atom is 0.376 e. The number of carbonyl (C=O) groups excluding carboxylic acids is 1. The van der Waals surface area contributed by atoms with Crippen LogP contribution in [0.4, 0.5) is 4.39 Å². The SMILES string of the molecule is O=C(O)C(=O)C=Cc1ccc(F)cc1. The monoisotopic (exact) mass is 194 g/mol. The normalized spacial score (nSPS) is 10.4. The molecule has 0 saturated carbocycles. The molecule has 0 bridgehead atoms. The van der Waals surface area contributed by atoms with Crippen LogP contribution in [-0.2, 0) is 9.59 Å². The number of carboxylic acids is 1. The zero-order valence-corrected chi connectivity index (χ0v) is 7.11. The predicted molar refractivity (Wildman–Crippen MR) is 48.1 cm³/mol. The molecule has 0 aliphatic carbocycles. The molecule has 1 aromatic rings. The minimum atomic E-state index is -1.51. The van der Waals surface area contributed by atoms with Crippen molar-refractivity contribution in [3.05, 3.63) is 41.7 Å². The van der Waals surface area contributed by atoms with Gasteiger partial charge in [0.1, 0.15) is 5.82 Å². The second-order valence-corrected chi connectivity index (χ2v) is 2.55. The molecule has 0 aliphatic rings.